The van der Waals surface area contributed by atoms with Crippen molar-refractivity contribution >= 4 is 45.6 Å². The van der Waals surface area contributed by atoms with Gasteiger partial charge in [-0.25, -0.2) is 0 Å². The van der Waals surface area contributed by atoms with E-state index >= 15 is 0 Å². The van der Waals surface area contributed by atoms with Gasteiger partial charge in [0.25, 0.3) is 0 Å². The fourth-order valence-electron chi connectivity index (χ4n) is 7.34. The second kappa shape index (κ2) is 9.31. The first-order valence-electron chi connectivity index (χ1n) is 14.1. The highest BCUT2D eigenvalue weighted by Gasteiger charge is 2.56. The molecule has 3 aromatic carbocycles. The molecule has 42 heavy (non-hydrogen) atoms. The van der Waals surface area contributed by atoms with E-state index in [0.29, 0.717) is 45.3 Å². The zero-order valence-electron chi connectivity index (χ0n) is 23.1. The third-order valence-corrected chi connectivity index (χ3v) is 9.34. The number of hydrogen-bond acceptors (Lipinski definition) is 6. The minimum absolute atomic E-state index is 0.0289. The third-order valence-electron chi connectivity index (χ3n) is 9.34. The highest BCUT2D eigenvalue weighted by atomic mass is 16.3. The normalized spacial score (nSPS) is 25.2. The van der Waals surface area contributed by atoms with Crippen LogP contribution in [0.1, 0.15) is 48.5 Å². The Labute approximate surface area is 241 Å². The zero-order valence-corrected chi connectivity index (χ0v) is 23.1. The maximum atomic E-state index is 14.1. The number of amides is 2. The fraction of sp³-hybridized carbons (Fsp3) is 0.229. The van der Waals surface area contributed by atoms with Crippen molar-refractivity contribution in [1.29, 1.82) is 0 Å². The van der Waals surface area contributed by atoms with E-state index in [-0.39, 0.29) is 41.3 Å². The minimum atomic E-state index is -0.725. The summed E-state index contributed by atoms with van der Waals surface area (Å²) in [6.07, 6.45) is 3.76. The van der Waals surface area contributed by atoms with Crippen molar-refractivity contribution in [3.63, 3.8) is 0 Å². The number of fused-ring (bicyclic) bond motifs is 4. The van der Waals surface area contributed by atoms with E-state index in [0.717, 1.165) is 11.0 Å². The van der Waals surface area contributed by atoms with E-state index in [4.69, 9.17) is 0 Å². The number of anilines is 1. The number of allylic oxidation sites excluding steroid dienone is 6. The first kappa shape index (κ1) is 26.0. The van der Waals surface area contributed by atoms with Gasteiger partial charge in [0.2, 0.25) is 11.8 Å². The number of carbonyl (C=O) groups is 5. The van der Waals surface area contributed by atoms with Crippen LogP contribution < -0.4 is 4.90 Å². The summed E-state index contributed by atoms with van der Waals surface area (Å²) in [7, 11) is 0. The lowest BCUT2D eigenvalue weighted by Crippen LogP contribution is -2.39. The molecule has 0 saturated carbocycles. The van der Waals surface area contributed by atoms with Crippen molar-refractivity contribution in [3.8, 4) is 5.75 Å². The number of rotatable bonds is 3. The maximum Gasteiger partial charge on any atom is 0.238 e. The average Bonchev–Trinajstić information content (AvgIpc) is 3.25. The number of carbonyl (C=O) groups excluding carboxylic acids is 5. The molecule has 7 heteroatoms. The standard InChI is InChI=1S/C35H27NO6/c1-17-15-28(38)31-27(32(17)39)16-26-23(29(31)24-12-9-20-5-3-4-6-22(20)33(24)40)13-14-25-30(26)35(42)36(34(25)41)21-10-7-19(8-11-21)18(2)37/h3-13,15,25-26,29-30,40H,14,16H2,1-2H3. The number of imide groups is 1. The summed E-state index contributed by atoms with van der Waals surface area (Å²) >= 11 is 0. The van der Waals surface area contributed by atoms with Gasteiger partial charge < -0.3 is 5.11 Å². The smallest absolute Gasteiger partial charge is 0.238 e. The van der Waals surface area contributed by atoms with Gasteiger partial charge in [0.05, 0.1) is 17.5 Å². The summed E-state index contributed by atoms with van der Waals surface area (Å²) in [6.45, 7) is 3.06. The van der Waals surface area contributed by atoms with E-state index in [9.17, 15) is 29.1 Å². The predicted octanol–water partition coefficient (Wildman–Crippen LogP) is 5.38. The van der Waals surface area contributed by atoms with Crippen molar-refractivity contribution in [2.24, 2.45) is 17.8 Å². The molecule has 0 aromatic heterocycles. The summed E-state index contributed by atoms with van der Waals surface area (Å²) in [4.78, 5) is 67.7. The van der Waals surface area contributed by atoms with Gasteiger partial charge in [0.15, 0.2) is 17.3 Å². The van der Waals surface area contributed by atoms with Crippen LogP contribution in [0.15, 0.2) is 95.1 Å². The van der Waals surface area contributed by atoms with E-state index in [1.807, 2.05) is 30.3 Å². The topological polar surface area (TPSA) is 109 Å². The van der Waals surface area contributed by atoms with Gasteiger partial charge in [0.1, 0.15) is 5.75 Å². The van der Waals surface area contributed by atoms with Crippen LogP contribution in [0.5, 0.6) is 5.75 Å². The monoisotopic (exact) mass is 557 g/mol. The van der Waals surface area contributed by atoms with Crippen LogP contribution in [-0.2, 0) is 19.2 Å². The molecule has 4 atom stereocenters. The summed E-state index contributed by atoms with van der Waals surface area (Å²) < 4.78 is 0. The quantitative estimate of drug-likeness (QED) is 0.200. The van der Waals surface area contributed by atoms with Gasteiger partial charge in [0, 0.05) is 39.2 Å². The first-order valence-corrected chi connectivity index (χ1v) is 14.1. The SMILES string of the molecule is CC(=O)c1ccc(N2C(=O)C3CC=C4C(c5ccc6ccccc6c5O)C5=C(CC4C3C2=O)C(=O)C(C)=CC5=O)cc1. The number of phenols is 1. The molecule has 7 rings (SSSR count). The Hall–Kier alpha value is -4.91. The van der Waals surface area contributed by atoms with Crippen LogP contribution in [0.25, 0.3) is 10.8 Å². The van der Waals surface area contributed by atoms with Crippen LogP contribution in [0.4, 0.5) is 5.69 Å². The number of phenolic OH excluding ortho intramolecular Hbond substituents is 1. The van der Waals surface area contributed by atoms with Gasteiger partial charge in [-0.1, -0.05) is 48.0 Å². The van der Waals surface area contributed by atoms with Gasteiger partial charge in [-0.2, -0.15) is 0 Å². The maximum absolute atomic E-state index is 14.1. The van der Waals surface area contributed by atoms with Crippen LogP contribution >= 0.6 is 0 Å². The molecule has 7 nitrogen and oxygen atoms in total. The Bertz CT molecular complexity index is 1870. The number of aromatic hydroxyl groups is 1. The number of nitrogens with zero attached hydrogens (tertiary/aromatic N) is 1. The Kier molecular flexibility index (Phi) is 5.77. The van der Waals surface area contributed by atoms with E-state index in [1.54, 1.807) is 43.3 Å². The summed E-state index contributed by atoms with van der Waals surface area (Å²) in [5.41, 5.74) is 3.18. The van der Waals surface area contributed by atoms with Crippen LogP contribution in [0.2, 0.25) is 0 Å². The van der Waals surface area contributed by atoms with E-state index in [2.05, 4.69) is 0 Å². The van der Waals surface area contributed by atoms with Gasteiger partial charge >= 0.3 is 0 Å². The lowest BCUT2D eigenvalue weighted by atomic mass is 9.59. The lowest BCUT2D eigenvalue weighted by molar-refractivity contribution is -0.123. The number of ketones is 3. The Morgan fingerprint density at radius 3 is 2.38 bits per heavy atom. The molecule has 1 fully saturated rings. The molecule has 208 valence electrons. The van der Waals surface area contributed by atoms with Crippen molar-refractivity contribution in [3.05, 3.63) is 106 Å². The minimum Gasteiger partial charge on any atom is -0.507 e. The molecule has 1 N–H and O–H groups in total. The average molecular weight is 558 g/mol. The Morgan fingerprint density at radius 2 is 1.64 bits per heavy atom. The molecule has 1 aliphatic heterocycles. The van der Waals surface area contributed by atoms with Crippen LogP contribution in [0, 0.1) is 17.8 Å². The van der Waals surface area contributed by atoms with E-state index < -0.39 is 23.7 Å². The molecule has 3 aliphatic carbocycles. The molecule has 0 bridgehead atoms. The van der Waals surface area contributed by atoms with Crippen LogP contribution in [0.3, 0.4) is 0 Å². The molecule has 1 saturated heterocycles. The summed E-state index contributed by atoms with van der Waals surface area (Å²) in [5, 5.41) is 13.0. The number of hydrogen-bond donors (Lipinski definition) is 1. The Morgan fingerprint density at radius 1 is 0.905 bits per heavy atom. The molecule has 3 aromatic rings. The van der Waals surface area contributed by atoms with E-state index in [1.165, 1.54) is 17.9 Å². The molecule has 4 unspecified atom stereocenters. The number of benzene rings is 3. The summed E-state index contributed by atoms with van der Waals surface area (Å²) in [6, 6.07) is 17.5. The molecule has 1 heterocycles. The van der Waals surface area contributed by atoms with Crippen molar-refractivity contribution in [2.75, 3.05) is 4.90 Å². The highest BCUT2D eigenvalue weighted by Crippen LogP contribution is 2.56. The largest absolute Gasteiger partial charge is 0.507 e. The molecular weight excluding hydrogens is 530 g/mol. The third kappa shape index (κ3) is 3.62. The molecular formula is C35H27NO6. The van der Waals surface area contributed by atoms with Crippen molar-refractivity contribution in [1.82, 2.24) is 0 Å². The lowest BCUT2D eigenvalue weighted by Gasteiger charge is -2.42. The number of Topliss-reactive ketones (excluding diaryl/α,β-unsaturated/α-hetero) is 2. The van der Waals surface area contributed by atoms with Gasteiger partial charge in [-0.05, 0) is 68.3 Å². The second-order valence-electron chi connectivity index (χ2n) is 11.6. The van der Waals surface area contributed by atoms with Crippen LogP contribution in [-0.4, -0.2) is 34.3 Å². The first-order chi connectivity index (χ1) is 20.2. The van der Waals surface area contributed by atoms with Gasteiger partial charge in [-0.3, -0.25) is 28.9 Å². The van der Waals surface area contributed by atoms with Gasteiger partial charge in [-0.15, -0.1) is 0 Å². The molecule has 0 spiro atoms. The highest BCUT2D eigenvalue weighted by molar-refractivity contribution is 6.25. The Balaban J connectivity index is 1.37. The fourth-order valence-corrected chi connectivity index (χ4v) is 7.34. The molecule has 2 amide bonds. The second-order valence-corrected chi connectivity index (χ2v) is 11.6. The van der Waals surface area contributed by atoms with Crippen molar-refractivity contribution < 1.29 is 29.1 Å². The summed E-state index contributed by atoms with van der Waals surface area (Å²) in [5.74, 6) is -3.85. The zero-order chi connectivity index (χ0) is 29.4. The van der Waals surface area contributed by atoms with Crippen molar-refractivity contribution in [2.45, 2.75) is 32.6 Å². The molecule has 4 aliphatic rings. The predicted molar refractivity (Wildman–Crippen MR) is 156 cm³/mol. The molecule has 0 radical (unpaired) electrons.